The molecule has 3 rings (SSSR count). The molecule has 2 fully saturated rings. The molecule has 8 nitrogen and oxygen atoms in total. The lowest BCUT2D eigenvalue weighted by Crippen LogP contribution is -2.46. The Morgan fingerprint density at radius 1 is 1.20 bits per heavy atom. The summed E-state index contributed by atoms with van der Waals surface area (Å²) in [6, 6.07) is 6.26. The van der Waals surface area contributed by atoms with Crippen LogP contribution >= 0.6 is 0 Å². The van der Waals surface area contributed by atoms with Gasteiger partial charge in [-0.1, -0.05) is 0 Å². The Bertz CT molecular complexity index is 734. The van der Waals surface area contributed by atoms with Crippen LogP contribution in [0.4, 0.5) is 5.69 Å². The Labute approximate surface area is 147 Å². The number of nitrogens with one attached hydrogen (secondary N) is 2. The van der Waals surface area contributed by atoms with Crippen LogP contribution in [0.25, 0.3) is 0 Å². The minimum atomic E-state index is -3.50. The molecular formula is C15H20BN4O4S. The number of piperazine rings is 1. The fourth-order valence-electron chi connectivity index (χ4n) is 3.08. The van der Waals surface area contributed by atoms with Crippen molar-refractivity contribution in [1.82, 2.24) is 14.8 Å². The van der Waals surface area contributed by atoms with Crippen molar-refractivity contribution in [1.29, 1.82) is 0 Å². The molecule has 25 heavy (non-hydrogen) atoms. The lowest BCUT2D eigenvalue weighted by molar-refractivity contribution is -0.117. The number of hydrogen-bond donors (Lipinski definition) is 2. The molecular weight excluding hydrogens is 343 g/mol. The summed E-state index contributed by atoms with van der Waals surface area (Å²) in [7, 11) is -2.22. The van der Waals surface area contributed by atoms with Crippen molar-refractivity contribution in [2.75, 3.05) is 37.6 Å². The molecule has 0 aliphatic carbocycles. The molecule has 0 unspecified atom stereocenters. The zero-order valence-corrected chi connectivity index (χ0v) is 14.5. The van der Waals surface area contributed by atoms with E-state index in [9.17, 15) is 18.0 Å². The third kappa shape index (κ3) is 3.92. The van der Waals surface area contributed by atoms with Crippen LogP contribution in [0.15, 0.2) is 29.2 Å². The van der Waals surface area contributed by atoms with Crippen molar-refractivity contribution < 1.29 is 18.0 Å². The number of rotatable bonds is 6. The largest absolute Gasteiger partial charge is 0.349 e. The van der Waals surface area contributed by atoms with E-state index in [1.54, 1.807) is 17.0 Å². The summed E-state index contributed by atoms with van der Waals surface area (Å²) in [6.45, 7) is 2.63. The smallest absolute Gasteiger partial charge is 0.290 e. The van der Waals surface area contributed by atoms with Gasteiger partial charge in [0.1, 0.15) is 0 Å². The summed E-state index contributed by atoms with van der Waals surface area (Å²) >= 11 is 0. The van der Waals surface area contributed by atoms with E-state index < -0.39 is 10.0 Å². The number of anilines is 1. The number of nitrogens with zero attached hydrogens (tertiary/aromatic N) is 2. The first kappa shape index (κ1) is 18.1. The molecule has 2 heterocycles. The van der Waals surface area contributed by atoms with Gasteiger partial charge in [0, 0.05) is 50.9 Å². The average molecular weight is 363 g/mol. The third-order valence-corrected chi connectivity index (χ3v) is 6.30. The van der Waals surface area contributed by atoms with Crippen LogP contribution in [0.3, 0.4) is 0 Å². The van der Waals surface area contributed by atoms with E-state index in [-0.39, 0.29) is 16.8 Å². The number of benzene rings is 1. The van der Waals surface area contributed by atoms with Crippen LogP contribution in [0.2, 0.25) is 0 Å². The molecule has 1 radical (unpaired) electrons. The maximum atomic E-state index is 12.6. The van der Waals surface area contributed by atoms with E-state index in [4.69, 9.17) is 0 Å². The second kappa shape index (κ2) is 7.65. The van der Waals surface area contributed by atoms with Crippen molar-refractivity contribution in [3.05, 3.63) is 24.3 Å². The second-order valence-electron chi connectivity index (χ2n) is 6.02. The maximum absolute atomic E-state index is 12.6. The summed E-state index contributed by atoms with van der Waals surface area (Å²) in [5, 5.41) is 6.00. The molecule has 10 heteroatoms. The van der Waals surface area contributed by atoms with Crippen LogP contribution in [-0.4, -0.2) is 71.0 Å². The lowest BCUT2D eigenvalue weighted by atomic mass is 9.96. The number of carbonyl (C=O) groups excluding carboxylic acids is 2. The van der Waals surface area contributed by atoms with Gasteiger partial charge in [-0.3, -0.25) is 4.79 Å². The molecule has 2 N–H and O–H groups in total. The third-order valence-electron chi connectivity index (χ3n) is 4.39. The first-order valence-corrected chi connectivity index (χ1v) is 9.61. The number of sulfonamides is 1. The van der Waals surface area contributed by atoms with Gasteiger partial charge in [-0.05, 0) is 24.3 Å². The average Bonchev–Trinajstić information content (AvgIpc) is 3.01. The van der Waals surface area contributed by atoms with Gasteiger partial charge in [-0.2, -0.15) is 4.31 Å². The molecule has 2 aliphatic rings. The van der Waals surface area contributed by atoms with Gasteiger partial charge in [-0.25, -0.2) is 8.42 Å². The molecule has 133 valence electrons. The molecule has 0 aromatic heterocycles. The molecule has 1 aromatic rings. The van der Waals surface area contributed by atoms with Gasteiger partial charge in [-0.15, -0.1) is 0 Å². The quantitative estimate of drug-likeness (QED) is 0.486. The van der Waals surface area contributed by atoms with Crippen LogP contribution in [0.5, 0.6) is 0 Å². The van der Waals surface area contributed by atoms with Gasteiger partial charge in [0.05, 0.1) is 11.1 Å². The molecule has 0 bridgehead atoms. The molecule has 0 spiro atoms. The van der Waals surface area contributed by atoms with E-state index in [1.165, 1.54) is 23.9 Å². The minimum absolute atomic E-state index is 0.0606. The zero-order valence-electron chi connectivity index (χ0n) is 13.7. The highest BCUT2D eigenvalue weighted by atomic mass is 32.2. The van der Waals surface area contributed by atoms with Gasteiger partial charge in [0.2, 0.25) is 15.9 Å². The van der Waals surface area contributed by atoms with E-state index in [0.29, 0.717) is 51.0 Å². The predicted octanol–water partition coefficient (Wildman–Crippen LogP) is -1.22. The standard InChI is InChI=1S/C15H20BN4O4S/c21-11-16-18-12-9-15(22)20(10-12)13-1-3-14(4-2-13)25(23,24)19-7-5-17-6-8-19/h1-4,11-12,17-18H,5-10H2/t12-/m1/s1. The highest BCUT2D eigenvalue weighted by Gasteiger charge is 2.31. The SMILES string of the molecule is O=C[B]N[C@@H]1CC(=O)N(c2ccc(S(=O)(=O)N3CCNCC3)cc2)C1. The van der Waals surface area contributed by atoms with E-state index >= 15 is 0 Å². The first-order valence-electron chi connectivity index (χ1n) is 8.16. The van der Waals surface area contributed by atoms with Crippen LogP contribution < -0.4 is 15.4 Å². The molecule has 2 saturated heterocycles. The van der Waals surface area contributed by atoms with E-state index in [2.05, 4.69) is 10.5 Å². The number of hydrogen-bond acceptors (Lipinski definition) is 6. The summed E-state index contributed by atoms with van der Waals surface area (Å²) < 4.78 is 26.7. The Kier molecular flexibility index (Phi) is 5.53. The molecule has 1 amide bonds. The van der Waals surface area contributed by atoms with Crippen molar-refractivity contribution in [3.63, 3.8) is 0 Å². The first-order chi connectivity index (χ1) is 12.0. The van der Waals surface area contributed by atoms with Gasteiger partial charge in [0.25, 0.3) is 7.41 Å². The van der Waals surface area contributed by atoms with Crippen molar-refractivity contribution >= 4 is 35.2 Å². The molecule has 0 saturated carbocycles. The molecule has 1 atom stereocenters. The summed E-state index contributed by atoms with van der Waals surface area (Å²) in [5.74, 6) is -0.0606. The summed E-state index contributed by atoms with van der Waals surface area (Å²) in [6.07, 6.45) is 0.939. The summed E-state index contributed by atoms with van der Waals surface area (Å²) in [5.41, 5.74) is 0.652. The Morgan fingerprint density at radius 2 is 1.88 bits per heavy atom. The second-order valence-corrected chi connectivity index (χ2v) is 7.96. The fourth-order valence-corrected chi connectivity index (χ4v) is 4.52. The Balaban J connectivity index is 1.72. The zero-order chi connectivity index (χ0) is 17.9. The lowest BCUT2D eigenvalue weighted by Gasteiger charge is -2.26. The van der Waals surface area contributed by atoms with Gasteiger partial charge < -0.3 is 20.2 Å². The van der Waals surface area contributed by atoms with E-state index in [0.717, 1.165) is 0 Å². The number of amides is 1. The minimum Gasteiger partial charge on any atom is -0.349 e. The normalized spacial score (nSPS) is 22.2. The van der Waals surface area contributed by atoms with Crippen LogP contribution in [0.1, 0.15) is 6.42 Å². The molecule has 1 aromatic carbocycles. The van der Waals surface area contributed by atoms with Gasteiger partial charge in [0.15, 0.2) is 0 Å². The predicted molar refractivity (Wildman–Crippen MR) is 94.5 cm³/mol. The van der Waals surface area contributed by atoms with E-state index in [1.807, 2.05) is 0 Å². The van der Waals surface area contributed by atoms with Crippen molar-refractivity contribution in [3.8, 4) is 0 Å². The monoisotopic (exact) mass is 363 g/mol. The highest BCUT2D eigenvalue weighted by molar-refractivity contribution is 7.89. The van der Waals surface area contributed by atoms with Crippen molar-refractivity contribution in [2.45, 2.75) is 17.4 Å². The van der Waals surface area contributed by atoms with Crippen LogP contribution in [0, 0.1) is 0 Å². The fraction of sp³-hybridized carbons (Fsp3) is 0.467. The topological polar surface area (TPSA) is 98.8 Å². The van der Waals surface area contributed by atoms with Gasteiger partial charge >= 0.3 is 0 Å². The maximum Gasteiger partial charge on any atom is 0.290 e. The highest BCUT2D eigenvalue weighted by Crippen LogP contribution is 2.24. The Hall–Kier alpha value is -1.75. The van der Waals surface area contributed by atoms with Crippen molar-refractivity contribution in [2.24, 2.45) is 0 Å². The molecule has 2 aliphatic heterocycles. The van der Waals surface area contributed by atoms with Crippen LogP contribution in [-0.2, 0) is 19.6 Å². The summed E-state index contributed by atoms with van der Waals surface area (Å²) in [4.78, 5) is 24.3. The Morgan fingerprint density at radius 3 is 2.52 bits per heavy atom. The number of carbonyl (C=O) groups is 2.